The average Bonchev–Trinajstić information content (AvgIpc) is 3.70. The van der Waals surface area contributed by atoms with Crippen LogP contribution in [0.15, 0.2) is 72.8 Å². The quantitative estimate of drug-likeness (QED) is 0.275. The normalized spacial score (nSPS) is 27.4. The summed E-state index contributed by atoms with van der Waals surface area (Å²) in [5.74, 6) is -0.490. The number of hydrogen-bond donors (Lipinski definition) is 2. The Morgan fingerprint density at radius 1 is 0.643 bits per heavy atom. The average molecular weight is 575 g/mol. The molecule has 2 fully saturated rings. The second kappa shape index (κ2) is 11.4. The summed E-state index contributed by atoms with van der Waals surface area (Å²) in [5, 5.41) is 26.7. The molecule has 0 spiro atoms. The fourth-order valence-electron chi connectivity index (χ4n) is 6.09. The van der Waals surface area contributed by atoms with Crippen LogP contribution < -0.4 is 9.47 Å². The van der Waals surface area contributed by atoms with Gasteiger partial charge in [-0.25, -0.2) is 0 Å². The van der Waals surface area contributed by atoms with Crippen LogP contribution in [0.1, 0.15) is 37.8 Å². The predicted octanol–water partition coefficient (Wildman–Crippen LogP) is 5.39. The van der Waals surface area contributed by atoms with E-state index in [4.69, 9.17) is 28.4 Å². The topological polar surface area (TPSA) is 95.8 Å². The first-order valence-electron chi connectivity index (χ1n) is 14.5. The Labute approximate surface area is 245 Å². The summed E-state index contributed by atoms with van der Waals surface area (Å²) in [7, 11) is 3.29. The first kappa shape index (κ1) is 28.9. The van der Waals surface area contributed by atoms with Gasteiger partial charge in [0.1, 0.15) is 35.9 Å². The third-order valence-electron chi connectivity index (χ3n) is 8.66. The lowest BCUT2D eigenvalue weighted by Gasteiger charge is -2.31. The third-order valence-corrected chi connectivity index (χ3v) is 8.66. The van der Waals surface area contributed by atoms with Crippen molar-refractivity contribution >= 4 is 21.5 Å². The van der Waals surface area contributed by atoms with E-state index in [-0.39, 0.29) is 13.2 Å². The number of hydrogen-bond acceptors (Lipinski definition) is 8. The zero-order valence-electron chi connectivity index (χ0n) is 24.4. The number of aliphatic hydroxyl groups excluding tert-OH is 2. The molecule has 2 saturated heterocycles. The summed E-state index contributed by atoms with van der Waals surface area (Å²) in [6, 6.07) is 23.8. The van der Waals surface area contributed by atoms with Crippen molar-refractivity contribution in [1.82, 2.24) is 0 Å². The van der Waals surface area contributed by atoms with Crippen LogP contribution in [0.25, 0.3) is 21.5 Å². The standard InChI is InChI=1S/C34H38O8/c1-5-33(25-11-7-23-17-27(37-3)13-9-21(23)15-25)39-19-29(41-33)31(35)32(36)30-20-40-34(6-2,42-30)26-12-8-24-18-28(38-4)14-10-22(24)16-26/h7-18,29-32,35-36H,5-6,19-20H2,1-4H3/t29-,30-,31-,32-,33+,34+/m1/s1. The van der Waals surface area contributed by atoms with Gasteiger partial charge < -0.3 is 38.6 Å². The predicted molar refractivity (Wildman–Crippen MR) is 159 cm³/mol. The molecule has 0 aliphatic carbocycles. The molecular formula is C34H38O8. The van der Waals surface area contributed by atoms with Crippen molar-refractivity contribution in [3.63, 3.8) is 0 Å². The summed E-state index contributed by atoms with van der Waals surface area (Å²) in [5.41, 5.74) is 1.71. The molecule has 0 amide bonds. The van der Waals surface area contributed by atoms with E-state index < -0.39 is 36.0 Å². The Morgan fingerprint density at radius 2 is 1.02 bits per heavy atom. The van der Waals surface area contributed by atoms with Crippen molar-refractivity contribution < 1.29 is 38.6 Å². The maximum Gasteiger partial charge on any atom is 0.195 e. The highest BCUT2D eigenvalue weighted by Crippen LogP contribution is 2.43. The molecule has 8 nitrogen and oxygen atoms in total. The van der Waals surface area contributed by atoms with Crippen LogP contribution in [0, 0.1) is 0 Å². The van der Waals surface area contributed by atoms with E-state index in [1.165, 1.54) is 0 Å². The van der Waals surface area contributed by atoms with Gasteiger partial charge in [-0.3, -0.25) is 0 Å². The zero-order chi connectivity index (χ0) is 29.5. The van der Waals surface area contributed by atoms with Gasteiger partial charge in [0.05, 0.1) is 27.4 Å². The Bertz CT molecular complexity index is 1460. The monoisotopic (exact) mass is 574 g/mol. The molecule has 4 aromatic rings. The van der Waals surface area contributed by atoms with Gasteiger partial charge in [-0.05, 0) is 57.9 Å². The maximum absolute atomic E-state index is 11.3. The molecule has 6 rings (SSSR count). The Hall–Kier alpha value is -3.24. The lowest BCUT2D eigenvalue weighted by atomic mass is 9.98. The van der Waals surface area contributed by atoms with Crippen molar-refractivity contribution in [1.29, 1.82) is 0 Å². The van der Waals surface area contributed by atoms with E-state index in [9.17, 15) is 10.2 Å². The smallest absolute Gasteiger partial charge is 0.195 e. The van der Waals surface area contributed by atoms with E-state index in [1.54, 1.807) is 14.2 Å². The molecule has 2 aliphatic rings. The molecule has 0 saturated carbocycles. The van der Waals surface area contributed by atoms with E-state index in [1.807, 2.05) is 86.6 Å². The number of aliphatic hydroxyl groups is 2. The molecule has 0 radical (unpaired) electrons. The van der Waals surface area contributed by atoms with Gasteiger partial charge in [0.25, 0.3) is 0 Å². The first-order chi connectivity index (χ1) is 20.3. The molecule has 42 heavy (non-hydrogen) atoms. The SMILES string of the molecule is CC[C@]1(c2ccc3cc(OC)ccc3c2)OC[C@H]([C@@H](O)[C@H](O)[C@H]2CO[C@](CC)(c3ccc4cc(OC)ccc4c3)O2)O1. The number of rotatable bonds is 9. The van der Waals surface area contributed by atoms with Crippen LogP contribution in [0.5, 0.6) is 11.5 Å². The van der Waals surface area contributed by atoms with Crippen molar-refractivity contribution in [3.8, 4) is 11.5 Å². The highest BCUT2D eigenvalue weighted by atomic mass is 16.8. The van der Waals surface area contributed by atoms with E-state index in [2.05, 4.69) is 0 Å². The van der Waals surface area contributed by atoms with Gasteiger partial charge in [0.2, 0.25) is 0 Å². The summed E-state index contributed by atoms with van der Waals surface area (Å²) >= 11 is 0. The highest BCUT2D eigenvalue weighted by molar-refractivity contribution is 5.85. The van der Waals surface area contributed by atoms with Crippen molar-refractivity contribution in [3.05, 3.63) is 83.9 Å². The fraction of sp³-hybridized carbons (Fsp3) is 0.412. The number of fused-ring (bicyclic) bond motifs is 2. The minimum Gasteiger partial charge on any atom is -0.497 e. The van der Waals surface area contributed by atoms with Gasteiger partial charge in [-0.15, -0.1) is 0 Å². The molecule has 0 aromatic heterocycles. The van der Waals surface area contributed by atoms with Crippen LogP contribution in [0.4, 0.5) is 0 Å². The second-order valence-electron chi connectivity index (χ2n) is 11.0. The minimum atomic E-state index is -1.24. The van der Waals surface area contributed by atoms with E-state index in [0.717, 1.165) is 44.2 Å². The first-order valence-corrected chi connectivity index (χ1v) is 14.5. The summed E-state index contributed by atoms with van der Waals surface area (Å²) < 4.78 is 35.9. The summed E-state index contributed by atoms with van der Waals surface area (Å²) in [6.07, 6.45) is -2.92. The Morgan fingerprint density at radius 3 is 1.40 bits per heavy atom. The third kappa shape index (κ3) is 5.02. The van der Waals surface area contributed by atoms with Crippen LogP contribution in [0.3, 0.4) is 0 Å². The number of ether oxygens (including phenoxy) is 6. The van der Waals surface area contributed by atoms with Gasteiger partial charge in [0, 0.05) is 24.0 Å². The summed E-state index contributed by atoms with van der Waals surface area (Å²) in [4.78, 5) is 0. The fourth-order valence-corrected chi connectivity index (χ4v) is 6.09. The van der Waals surface area contributed by atoms with Crippen molar-refractivity contribution in [2.75, 3.05) is 27.4 Å². The molecule has 0 bridgehead atoms. The number of methoxy groups -OCH3 is 2. The number of benzene rings is 4. The maximum atomic E-state index is 11.3. The van der Waals surface area contributed by atoms with Gasteiger partial charge in [-0.1, -0.05) is 50.2 Å². The van der Waals surface area contributed by atoms with Gasteiger partial charge in [-0.2, -0.15) is 0 Å². The van der Waals surface area contributed by atoms with E-state index >= 15 is 0 Å². The zero-order valence-corrected chi connectivity index (χ0v) is 24.4. The van der Waals surface area contributed by atoms with Crippen molar-refractivity contribution in [2.45, 2.75) is 62.7 Å². The molecule has 2 aliphatic heterocycles. The molecule has 2 heterocycles. The van der Waals surface area contributed by atoms with Gasteiger partial charge >= 0.3 is 0 Å². The largest absolute Gasteiger partial charge is 0.497 e. The van der Waals surface area contributed by atoms with Crippen LogP contribution in [-0.2, 0) is 30.5 Å². The van der Waals surface area contributed by atoms with Crippen LogP contribution in [-0.4, -0.2) is 62.1 Å². The van der Waals surface area contributed by atoms with Gasteiger partial charge in [0.15, 0.2) is 11.6 Å². The molecule has 4 aromatic carbocycles. The summed E-state index contributed by atoms with van der Waals surface area (Å²) in [6.45, 7) is 4.22. The Balaban J connectivity index is 1.17. The van der Waals surface area contributed by atoms with Crippen LogP contribution >= 0.6 is 0 Å². The molecule has 222 valence electrons. The van der Waals surface area contributed by atoms with E-state index in [0.29, 0.717) is 12.8 Å². The molecular weight excluding hydrogens is 536 g/mol. The second-order valence-corrected chi connectivity index (χ2v) is 11.0. The molecule has 8 heteroatoms. The molecule has 0 unspecified atom stereocenters. The lowest BCUT2D eigenvalue weighted by Crippen LogP contribution is -2.47. The van der Waals surface area contributed by atoms with Crippen molar-refractivity contribution in [2.24, 2.45) is 0 Å². The Kier molecular flexibility index (Phi) is 7.87. The molecule has 6 atom stereocenters. The lowest BCUT2D eigenvalue weighted by molar-refractivity contribution is -0.212. The highest BCUT2D eigenvalue weighted by Gasteiger charge is 2.50. The van der Waals surface area contributed by atoms with Crippen LogP contribution in [0.2, 0.25) is 0 Å². The minimum absolute atomic E-state index is 0.132. The molecule has 2 N–H and O–H groups in total.